The van der Waals surface area contributed by atoms with E-state index < -0.39 is 17.5 Å². The van der Waals surface area contributed by atoms with Crippen molar-refractivity contribution in [1.29, 1.82) is 0 Å². The van der Waals surface area contributed by atoms with Gasteiger partial charge >= 0.3 is 0 Å². The number of hydrogen-bond acceptors (Lipinski definition) is 1. The fraction of sp³-hybridized carbons (Fsp3) is 0.167. The minimum absolute atomic E-state index is 0. The minimum atomic E-state index is -1.46. The molecular weight excluding hydrogens is 304 g/mol. The molecule has 0 amide bonds. The number of nitrogens with one attached hydrogen (secondary N) is 1. The minimum Gasteiger partial charge on any atom is -0.394 e. The maximum absolute atomic E-state index is 13.0. The van der Waals surface area contributed by atoms with Gasteiger partial charge in [0.05, 0.1) is 0 Å². The van der Waals surface area contributed by atoms with Crippen molar-refractivity contribution in [3.8, 4) is 0 Å². The maximum atomic E-state index is 13.0. The number of halogens is 3. The second-order valence-electron chi connectivity index (χ2n) is 3.53. The average Bonchev–Trinajstić information content (AvgIpc) is 2.25. The van der Waals surface area contributed by atoms with Crippen molar-refractivity contribution in [3.63, 3.8) is 0 Å². The molecule has 0 bridgehead atoms. The van der Waals surface area contributed by atoms with E-state index in [4.69, 9.17) is 0 Å². The first-order chi connectivity index (χ1) is 7.58. The van der Waals surface area contributed by atoms with E-state index in [1.54, 1.807) is 0 Å². The van der Waals surface area contributed by atoms with E-state index in [0.29, 0.717) is 12.1 Å². The van der Waals surface area contributed by atoms with Crippen molar-refractivity contribution in [3.05, 3.63) is 53.5 Å². The fourth-order valence-electron chi connectivity index (χ4n) is 1.50. The van der Waals surface area contributed by atoms with E-state index in [0.717, 1.165) is 24.3 Å². The van der Waals surface area contributed by atoms with Gasteiger partial charge in [-0.25, -0.2) is 19.2 Å². The summed E-state index contributed by atoms with van der Waals surface area (Å²) >= 11 is 0. The summed E-state index contributed by atoms with van der Waals surface area (Å²) in [6.45, 7) is 3.72. The van der Waals surface area contributed by atoms with E-state index in [9.17, 15) is 13.2 Å². The standard InChI is InChI=1S/C12H9F3N.Y/c1-7-3-2-4-11(16-7)8-5-9(13)12(15)10(14)6-8;/h5-6,16H,1-3H2;/q-1;. The summed E-state index contributed by atoms with van der Waals surface area (Å²) in [4.78, 5) is 0. The second-order valence-corrected chi connectivity index (χ2v) is 3.53. The Balaban J connectivity index is 0.00000144. The summed E-state index contributed by atoms with van der Waals surface area (Å²) in [5, 5.41) is 2.86. The van der Waals surface area contributed by atoms with Gasteiger partial charge in [0, 0.05) is 38.4 Å². The largest absolute Gasteiger partial charge is 0.394 e. The molecule has 87 valence electrons. The zero-order valence-corrected chi connectivity index (χ0v) is 11.8. The Bertz CT molecular complexity index is 460. The van der Waals surface area contributed by atoms with Crippen LogP contribution in [-0.2, 0) is 32.7 Å². The van der Waals surface area contributed by atoms with Crippen molar-refractivity contribution in [1.82, 2.24) is 5.32 Å². The molecule has 0 aromatic heterocycles. The van der Waals surface area contributed by atoms with Crippen LogP contribution >= 0.6 is 0 Å². The van der Waals surface area contributed by atoms with Crippen LogP contribution in [0.25, 0.3) is 5.70 Å². The summed E-state index contributed by atoms with van der Waals surface area (Å²) in [6.07, 6.45) is 4.29. The van der Waals surface area contributed by atoms with E-state index in [1.165, 1.54) is 0 Å². The van der Waals surface area contributed by atoms with Crippen molar-refractivity contribution < 1.29 is 45.9 Å². The first-order valence-electron chi connectivity index (χ1n) is 4.78. The molecule has 0 spiro atoms. The van der Waals surface area contributed by atoms with Crippen LogP contribution in [0.15, 0.2) is 24.4 Å². The quantitative estimate of drug-likeness (QED) is 0.620. The van der Waals surface area contributed by atoms with Crippen molar-refractivity contribution in [2.24, 2.45) is 0 Å². The van der Waals surface area contributed by atoms with Gasteiger partial charge in [-0.2, -0.15) is 0 Å². The summed E-state index contributed by atoms with van der Waals surface area (Å²) in [5.74, 6) is -3.87. The van der Waals surface area contributed by atoms with Crippen LogP contribution in [0.5, 0.6) is 0 Å². The summed E-state index contributed by atoms with van der Waals surface area (Å²) in [6, 6.07) is 1.87. The van der Waals surface area contributed by atoms with Gasteiger partial charge in [0.15, 0.2) is 5.82 Å². The van der Waals surface area contributed by atoms with Gasteiger partial charge in [-0.15, -0.1) is 17.7 Å². The smallest absolute Gasteiger partial charge is 0.191 e. The van der Waals surface area contributed by atoms with Crippen LogP contribution < -0.4 is 5.32 Å². The molecule has 1 nitrogen and oxygen atoms in total. The van der Waals surface area contributed by atoms with Gasteiger partial charge in [0.2, 0.25) is 0 Å². The molecule has 0 aliphatic carbocycles. The van der Waals surface area contributed by atoms with Gasteiger partial charge in [0.1, 0.15) is 11.6 Å². The molecular formula is C12H9F3NY-. The van der Waals surface area contributed by atoms with Gasteiger partial charge in [0.25, 0.3) is 0 Å². The summed E-state index contributed by atoms with van der Waals surface area (Å²) in [7, 11) is 0. The van der Waals surface area contributed by atoms with E-state index in [1.807, 2.05) is 0 Å². The van der Waals surface area contributed by atoms with Crippen molar-refractivity contribution >= 4 is 5.70 Å². The molecule has 1 heterocycles. The SMILES string of the molecule is C=C1CC[C-]=C(c2cc(F)c(F)c(F)c2)N1.[Y]. The molecule has 2 rings (SSSR count). The van der Waals surface area contributed by atoms with Crippen LogP contribution in [0.2, 0.25) is 0 Å². The van der Waals surface area contributed by atoms with Crippen LogP contribution in [0, 0.1) is 23.5 Å². The third kappa shape index (κ3) is 3.20. The molecule has 1 aliphatic rings. The molecule has 5 heteroatoms. The molecule has 1 aliphatic heterocycles. The molecule has 17 heavy (non-hydrogen) atoms. The Hall–Kier alpha value is -0.606. The van der Waals surface area contributed by atoms with Crippen LogP contribution in [-0.4, -0.2) is 0 Å². The van der Waals surface area contributed by atoms with Gasteiger partial charge in [-0.1, -0.05) is 18.7 Å². The Morgan fingerprint density at radius 1 is 1.18 bits per heavy atom. The van der Waals surface area contributed by atoms with Gasteiger partial charge in [-0.3, -0.25) is 0 Å². The average molecular weight is 313 g/mol. The van der Waals surface area contributed by atoms with Crippen LogP contribution in [0.4, 0.5) is 13.2 Å². The maximum Gasteiger partial charge on any atom is 0.191 e. The Labute approximate surface area is 123 Å². The van der Waals surface area contributed by atoms with Crippen molar-refractivity contribution in [2.45, 2.75) is 12.8 Å². The van der Waals surface area contributed by atoms with Gasteiger partial charge in [-0.05, 0) is 6.42 Å². The molecule has 0 saturated carbocycles. The third-order valence-corrected chi connectivity index (χ3v) is 2.30. The number of allylic oxidation sites excluding steroid dienone is 2. The van der Waals surface area contributed by atoms with Gasteiger partial charge < -0.3 is 5.32 Å². The Kier molecular flexibility index (Phi) is 4.96. The monoisotopic (exact) mass is 313 g/mol. The summed E-state index contributed by atoms with van der Waals surface area (Å²) in [5.41, 5.74) is 1.42. The Morgan fingerprint density at radius 3 is 2.29 bits per heavy atom. The predicted octanol–water partition coefficient (Wildman–Crippen LogP) is 3.14. The molecule has 1 aromatic rings. The fourth-order valence-corrected chi connectivity index (χ4v) is 1.50. The second kappa shape index (κ2) is 5.83. The number of hydrogen-bond donors (Lipinski definition) is 1. The van der Waals surface area contributed by atoms with Crippen LogP contribution in [0.3, 0.4) is 0 Å². The normalized spacial score (nSPS) is 14.8. The first kappa shape index (κ1) is 14.5. The zero-order valence-electron chi connectivity index (χ0n) is 8.99. The number of benzene rings is 1. The number of rotatable bonds is 1. The topological polar surface area (TPSA) is 12.0 Å². The van der Waals surface area contributed by atoms with E-state index >= 15 is 0 Å². The summed E-state index contributed by atoms with van der Waals surface area (Å²) < 4.78 is 38.7. The molecule has 0 unspecified atom stereocenters. The molecule has 1 radical (unpaired) electrons. The molecule has 1 aromatic carbocycles. The molecule has 0 fully saturated rings. The van der Waals surface area contributed by atoms with E-state index in [2.05, 4.69) is 18.0 Å². The molecule has 1 N–H and O–H groups in total. The van der Waals surface area contributed by atoms with Crippen molar-refractivity contribution in [2.75, 3.05) is 0 Å². The molecule has 0 saturated heterocycles. The predicted molar refractivity (Wildman–Crippen MR) is 54.5 cm³/mol. The first-order valence-corrected chi connectivity index (χ1v) is 4.78. The van der Waals surface area contributed by atoms with E-state index in [-0.39, 0.29) is 38.3 Å². The third-order valence-electron chi connectivity index (χ3n) is 2.30. The Morgan fingerprint density at radius 2 is 1.76 bits per heavy atom. The van der Waals surface area contributed by atoms with Crippen LogP contribution in [0.1, 0.15) is 18.4 Å². The molecule has 0 atom stereocenters. The zero-order chi connectivity index (χ0) is 11.7.